The van der Waals surface area contributed by atoms with E-state index in [0.29, 0.717) is 18.5 Å². The fourth-order valence-corrected chi connectivity index (χ4v) is 1.71. The van der Waals surface area contributed by atoms with Gasteiger partial charge in [-0.05, 0) is 18.2 Å². The summed E-state index contributed by atoms with van der Waals surface area (Å²) in [4.78, 5) is 16.2. The number of pyridine rings is 1. The first kappa shape index (κ1) is 14.8. The Balaban J connectivity index is 2.07. The second-order valence-corrected chi connectivity index (χ2v) is 4.34. The van der Waals surface area contributed by atoms with Crippen molar-refractivity contribution < 1.29 is 9.90 Å². The predicted octanol–water partition coefficient (Wildman–Crippen LogP) is 0.479. The first-order chi connectivity index (χ1) is 10.2. The fraction of sp³-hybridized carbons (Fsp3) is 0.267. The van der Waals surface area contributed by atoms with Gasteiger partial charge in [-0.1, -0.05) is 11.8 Å². The van der Waals surface area contributed by atoms with Crippen molar-refractivity contribution in [3.63, 3.8) is 0 Å². The van der Waals surface area contributed by atoms with Crippen molar-refractivity contribution in [2.45, 2.75) is 13.0 Å². The van der Waals surface area contributed by atoms with Gasteiger partial charge in [0.25, 0.3) is 5.91 Å². The minimum Gasteiger partial charge on any atom is -0.395 e. The molecule has 0 aliphatic rings. The Kier molecular flexibility index (Phi) is 5.07. The number of rotatable bonds is 4. The molecule has 0 aliphatic carbocycles. The number of hydrogen-bond acceptors (Lipinski definition) is 4. The summed E-state index contributed by atoms with van der Waals surface area (Å²) in [6.07, 6.45) is 3.73. The molecule has 0 aliphatic heterocycles. The van der Waals surface area contributed by atoms with E-state index in [9.17, 15) is 4.79 Å². The van der Waals surface area contributed by atoms with Crippen LogP contribution in [0.15, 0.2) is 30.6 Å². The van der Waals surface area contributed by atoms with Crippen LogP contribution in [-0.2, 0) is 13.6 Å². The Hall–Kier alpha value is -2.65. The molecule has 108 valence electrons. The Morgan fingerprint density at radius 3 is 3.05 bits per heavy atom. The Bertz CT molecular complexity index is 682. The van der Waals surface area contributed by atoms with Crippen LogP contribution in [-0.4, -0.2) is 32.4 Å². The van der Waals surface area contributed by atoms with Gasteiger partial charge in [0.1, 0.15) is 5.69 Å². The molecule has 0 bridgehead atoms. The van der Waals surface area contributed by atoms with Gasteiger partial charge < -0.3 is 10.4 Å². The van der Waals surface area contributed by atoms with E-state index in [4.69, 9.17) is 5.11 Å². The van der Waals surface area contributed by atoms with Crippen LogP contribution in [0.1, 0.15) is 28.2 Å². The number of carbonyl (C=O) groups is 1. The zero-order valence-electron chi connectivity index (χ0n) is 11.7. The monoisotopic (exact) mass is 284 g/mol. The van der Waals surface area contributed by atoms with E-state index in [1.807, 2.05) is 19.3 Å². The number of aliphatic hydroxyl groups excluding tert-OH is 1. The lowest BCUT2D eigenvalue weighted by Gasteiger charge is -2.04. The summed E-state index contributed by atoms with van der Waals surface area (Å²) in [5, 5.41) is 15.7. The SMILES string of the molecule is Cn1ccc(CNC(=O)c2ncccc2C#CCCO)n1. The molecule has 0 saturated heterocycles. The fourth-order valence-electron chi connectivity index (χ4n) is 1.71. The van der Waals surface area contributed by atoms with Crippen LogP contribution in [0.2, 0.25) is 0 Å². The summed E-state index contributed by atoms with van der Waals surface area (Å²) in [5.74, 6) is 5.34. The highest BCUT2D eigenvalue weighted by Crippen LogP contribution is 2.04. The maximum Gasteiger partial charge on any atom is 0.271 e. The van der Waals surface area contributed by atoms with Gasteiger partial charge in [0.15, 0.2) is 0 Å². The molecule has 2 heterocycles. The van der Waals surface area contributed by atoms with E-state index >= 15 is 0 Å². The Morgan fingerprint density at radius 2 is 2.33 bits per heavy atom. The van der Waals surface area contributed by atoms with E-state index < -0.39 is 0 Å². The molecule has 1 amide bonds. The van der Waals surface area contributed by atoms with Crippen LogP contribution < -0.4 is 5.32 Å². The molecular weight excluding hydrogens is 268 g/mol. The van der Waals surface area contributed by atoms with Gasteiger partial charge in [-0.2, -0.15) is 5.10 Å². The normalized spacial score (nSPS) is 9.81. The van der Waals surface area contributed by atoms with Gasteiger partial charge in [-0.25, -0.2) is 4.98 Å². The summed E-state index contributed by atoms with van der Waals surface area (Å²) in [6, 6.07) is 5.28. The molecule has 6 heteroatoms. The minimum atomic E-state index is -0.297. The zero-order valence-corrected chi connectivity index (χ0v) is 11.7. The summed E-state index contributed by atoms with van der Waals surface area (Å²) in [7, 11) is 1.82. The molecule has 2 N–H and O–H groups in total. The van der Waals surface area contributed by atoms with Crippen molar-refractivity contribution >= 4 is 5.91 Å². The van der Waals surface area contributed by atoms with Gasteiger partial charge in [-0.15, -0.1) is 0 Å². The highest BCUT2D eigenvalue weighted by Gasteiger charge is 2.11. The van der Waals surface area contributed by atoms with Gasteiger partial charge in [0.2, 0.25) is 0 Å². The molecule has 2 rings (SSSR count). The van der Waals surface area contributed by atoms with Gasteiger partial charge in [0, 0.05) is 25.9 Å². The lowest BCUT2D eigenvalue weighted by atomic mass is 10.2. The molecule has 21 heavy (non-hydrogen) atoms. The highest BCUT2D eigenvalue weighted by atomic mass is 16.2. The van der Waals surface area contributed by atoms with Crippen molar-refractivity contribution in [3.8, 4) is 11.8 Å². The summed E-state index contributed by atoms with van der Waals surface area (Å²) in [6.45, 7) is 0.328. The van der Waals surface area contributed by atoms with Crippen LogP contribution in [0.4, 0.5) is 0 Å². The summed E-state index contributed by atoms with van der Waals surface area (Å²) in [5.41, 5.74) is 1.60. The lowest BCUT2D eigenvalue weighted by Crippen LogP contribution is -2.25. The quantitative estimate of drug-likeness (QED) is 0.800. The molecule has 0 saturated carbocycles. The number of carbonyl (C=O) groups excluding carboxylic acids is 1. The van der Waals surface area contributed by atoms with E-state index in [1.165, 1.54) is 0 Å². The molecule has 0 aromatic carbocycles. The smallest absolute Gasteiger partial charge is 0.271 e. The van der Waals surface area contributed by atoms with Crippen molar-refractivity contribution in [1.82, 2.24) is 20.1 Å². The minimum absolute atomic E-state index is 0.00549. The number of nitrogens with zero attached hydrogens (tertiary/aromatic N) is 3. The van der Waals surface area contributed by atoms with E-state index in [-0.39, 0.29) is 18.2 Å². The highest BCUT2D eigenvalue weighted by molar-refractivity contribution is 5.94. The Labute approximate surface area is 122 Å². The van der Waals surface area contributed by atoms with Gasteiger partial charge in [0.05, 0.1) is 24.4 Å². The molecule has 6 nitrogen and oxygen atoms in total. The first-order valence-electron chi connectivity index (χ1n) is 6.52. The van der Waals surface area contributed by atoms with E-state index in [0.717, 1.165) is 5.69 Å². The van der Waals surface area contributed by atoms with Crippen molar-refractivity contribution in [1.29, 1.82) is 0 Å². The third-order valence-electron chi connectivity index (χ3n) is 2.68. The number of aryl methyl sites for hydroxylation is 1. The van der Waals surface area contributed by atoms with Crippen LogP contribution in [0.25, 0.3) is 0 Å². The van der Waals surface area contributed by atoms with Crippen molar-refractivity contribution in [2.24, 2.45) is 7.05 Å². The molecule has 2 aromatic heterocycles. The Morgan fingerprint density at radius 1 is 1.48 bits per heavy atom. The third-order valence-corrected chi connectivity index (χ3v) is 2.68. The average Bonchev–Trinajstić information content (AvgIpc) is 2.91. The number of aromatic nitrogens is 3. The summed E-state index contributed by atoms with van der Waals surface area (Å²) >= 11 is 0. The number of aliphatic hydroxyl groups is 1. The van der Waals surface area contributed by atoms with Crippen LogP contribution >= 0.6 is 0 Å². The van der Waals surface area contributed by atoms with E-state index in [2.05, 4.69) is 27.2 Å². The first-order valence-corrected chi connectivity index (χ1v) is 6.52. The molecule has 0 atom stereocenters. The molecule has 0 spiro atoms. The van der Waals surface area contributed by atoms with Crippen LogP contribution in [0.3, 0.4) is 0 Å². The molecular formula is C15H16N4O2. The van der Waals surface area contributed by atoms with Crippen LogP contribution in [0.5, 0.6) is 0 Å². The van der Waals surface area contributed by atoms with Crippen molar-refractivity contribution in [3.05, 3.63) is 47.5 Å². The number of amides is 1. The largest absolute Gasteiger partial charge is 0.395 e. The van der Waals surface area contributed by atoms with E-state index in [1.54, 1.807) is 23.0 Å². The van der Waals surface area contributed by atoms with Gasteiger partial charge >= 0.3 is 0 Å². The third kappa shape index (κ3) is 4.16. The maximum atomic E-state index is 12.2. The zero-order chi connectivity index (χ0) is 15.1. The number of hydrogen-bond donors (Lipinski definition) is 2. The maximum absolute atomic E-state index is 12.2. The molecule has 2 aromatic rings. The molecule has 0 unspecified atom stereocenters. The lowest BCUT2D eigenvalue weighted by molar-refractivity contribution is 0.0945. The molecule has 0 radical (unpaired) electrons. The molecule has 0 fully saturated rings. The average molecular weight is 284 g/mol. The summed E-state index contributed by atoms with van der Waals surface area (Å²) < 4.78 is 1.67. The topological polar surface area (TPSA) is 80.0 Å². The number of nitrogens with one attached hydrogen (secondary N) is 1. The second kappa shape index (κ2) is 7.22. The van der Waals surface area contributed by atoms with Gasteiger partial charge in [-0.3, -0.25) is 9.48 Å². The second-order valence-electron chi connectivity index (χ2n) is 4.34. The van der Waals surface area contributed by atoms with Crippen LogP contribution in [0, 0.1) is 11.8 Å². The van der Waals surface area contributed by atoms with Crippen molar-refractivity contribution in [2.75, 3.05) is 6.61 Å². The standard InChI is InChI=1S/C15H16N4O2/c1-19-9-7-13(18-19)11-17-15(21)14-12(5-2-3-10-20)6-4-8-16-14/h4,6-9,20H,3,10-11H2,1H3,(H,17,21). The predicted molar refractivity (Wildman–Crippen MR) is 77.2 cm³/mol.